The van der Waals surface area contributed by atoms with Gasteiger partial charge >= 0.3 is 0 Å². The topological polar surface area (TPSA) is 29.9 Å². The zero-order chi connectivity index (χ0) is 14.5. The van der Waals surface area contributed by atoms with E-state index in [0.29, 0.717) is 0 Å². The van der Waals surface area contributed by atoms with Crippen LogP contribution in [0, 0.1) is 5.92 Å². The molecule has 0 saturated heterocycles. The standard InChI is InChI=1S/C18H25N3/c1-2-19-18-10-6-9-16(18)11-12-21-14-17(13-20-21)15-7-4-3-5-8-15/h3-5,7-8,13-14,16,18-19H,2,6,9-12H2,1H3. The summed E-state index contributed by atoms with van der Waals surface area (Å²) in [6, 6.07) is 11.2. The molecule has 1 aromatic carbocycles. The molecule has 1 aromatic heterocycles. The molecule has 1 heterocycles. The molecule has 2 aromatic rings. The fourth-order valence-corrected chi connectivity index (χ4v) is 3.48. The zero-order valence-corrected chi connectivity index (χ0v) is 12.8. The van der Waals surface area contributed by atoms with Crippen LogP contribution in [0.3, 0.4) is 0 Å². The number of hydrogen-bond donors (Lipinski definition) is 1. The Morgan fingerprint density at radius 1 is 1.19 bits per heavy atom. The highest BCUT2D eigenvalue weighted by atomic mass is 15.3. The second-order valence-corrected chi connectivity index (χ2v) is 6.00. The highest BCUT2D eigenvalue weighted by Gasteiger charge is 2.25. The Morgan fingerprint density at radius 2 is 2.05 bits per heavy atom. The van der Waals surface area contributed by atoms with Crippen molar-refractivity contribution in [1.29, 1.82) is 0 Å². The first kappa shape index (κ1) is 14.3. The highest BCUT2D eigenvalue weighted by Crippen LogP contribution is 2.29. The van der Waals surface area contributed by atoms with Crippen molar-refractivity contribution in [3.8, 4) is 11.1 Å². The van der Waals surface area contributed by atoms with Gasteiger partial charge in [0.15, 0.2) is 0 Å². The van der Waals surface area contributed by atoms with Crippen LogP contribution >= 0.6 is 0 Å². The van der Waals surface area contributed by atoms with Crippen LogP contribution < -0.4 is 5.32 Å². The molecule has 2 atom stereocenters. The maximum absolute atomic E-state index is 4.52. The zero-order valence-electron chi connectivity index (χ0n) is 12.8. The van der Waals surface area contributed by atoms with Crippen LogP contribution in [0.5, 0.6) is 0 Å². The maximum Gasteiger partial charge on any atom is 0.0568 e. The Kier molecular flexibility index (Phi) is 4.71. The van der Waals surface area contributed by atoms with E-state index in [9.17, 15) is 0 Å². The van der Waals surface area contributed by atoms with E-state index in [1.165, 1.54) is 36.8 Å². The SMILES string of the molecule is CCNC1CCCC1CCn1cc(-c2ccccc2)cn1. The minimum atomic E-state index is 0.721. The van der Waals surface area contributed by atoms with Gasteiger partial charge in [0.05, 0.1) is 6.20 Å². The Labute approximate surface area is 127 Å². The van der Waals surface area contributed by atoms with E-state index in [-0.39, 0.29) is 0 Å². The summed E-state index contributed by atoms with van der Waals surface area (Å²) < 4.78 is 2.10. The molecular formula is C18H25N3. The van der Waals surface area contributed by atoms with E-state index < -0.39 is 0 Å². The lowest BCUT2D eigenvalue weighted by atomic mass is 9.99. The molecule has 1 N–H and O–H groups in total. The molecule has 112 valence electrons. The lowest BCUT2D eigenvalue weighted by Gasteiger charge is -2.20. The van der Waals surface area contributed by atoms with E-state index in [2.05, 4.69) is 58.5 Å². The monoisotopic (exact) mass is 283 g/mol. The van der Waals surface area contributed by atoms with Gasteiger partial charge in [0.25, 0.3) is 0 Å². The number of hydrogen-bond acceptors (Lipinski definition) is 2. The summed E-state index contributed by atoms with van der Waals surface area (Å²) in [5.74, 6) is 0.814. The predicted octanol–water partition coefficient (Wildman–Crippen LogP) is 3.72. The highest BCUT2D eigenvalue weighted by molar-refractivity contribution is 5.61. The molecule has 3 heteroatoms. The minimum absolute atomic E-state index is 0.721. The molecule has 2 unspecified atom stereocenters. The number of aryl methyl sites for hydroxylation is 1. The summed E-state index contributed by atoms with van der Waals surface area (Å²) in [4.78, 5) is 0. The lowest BCUT2D eigenvalue weighted by molar-refractivity contribution is 0.359. The van der Waals surface area contributed by atoms with Crippen molar-refractivity contribution in [2.75, 3.05) is 6.54 Å². The molecule has 1 aliphatic carbocycles. The molecule has 1 fully saturated rings. The molecule has 1 saturated carbocycles. The van der Waals surface area contributed by atoms with Gasteiger partial charge in [-0.15, -0.1) is 0 Å². The summed E-state index contributed by atoms with van der Waals surface area (Å²) in [7, 11) is 0. The molecule has 0 bridgehead atoms. The normalized spacial score (nSPS) is 21.8. The second kappa shape index (κ2) is 6.90. The quantitative estimate of drug-likeness (QED) is 0.875. The van der Waals surface area contributed by atoms with Crippen LogP contribution in [0.2, 0.25) is 0 Å². The molecule has 1 aliphatic rings. The number of nitrogens with one attached hydrogen (secondary N) is 1. The summed E-state index contributed by atoms with van der Waals surface area (Å²) in [5.41, 5.74) is 2.46. The van der Waals surface area contributed by atoms with Crippen LogP contribution in [0.15, 0.2) is 42.7 Å². The van der Waals surface area contributed by atoms with E-state index in [0.717, 1.165) is 25.0 Å². The average Bonchev–Trinajstić information content (AvgIpc) is 3.16. The van der Waals surface area contributed by atoms with E-state index in [4.69, 9.17) is 0 Å². The Morgan fingerprint density at radius 3 is 2.86 bits per heavy atom. The summed E-state index contributed by atoms with van der Waals surface area (Å²) >= 11 is 0. The first-order valence-electron chi connectivity index (χ1n) is 8.18. The number of rotatable bonds is 6. The summed E-state index contributed by atoms with van der Waals surface area (Å²) in [5, 5.41) is 8.15. The molecule has 0 amide bonds. The van der Waals surface area contributed by atoms with Gasteiger partial charge in [0, 0.05) is 24.3 Å². The molecular weight excluding hydrogens is 258 g/mol. The van der Waals surface area contributed by atoms with Crippen molar-refractivity contribution in [2.45, 2.75) is 45.2 Å². The molecule has 3 rings (SSSR count). The number of aromatic nitrogens is 2. The van der Waals surface area contributed by atoms with Crippen LogP contribution in [0.25, 0.3) is 11.1 Å². The van der Waals surface area contributed by atoms with Gasteiger partial charge in [0.2, 0.25) is 0 Å². The third-order valence-electron chi connectivity index (χ3n) is 4.59. The first-order valence-corrected chi connectivity index (χ1v) is 8.18. The van der Waals surface area contributed by atoms with Gasteiger partial charge in [-0.1, -0.05) is 43.7 Å². The first-order chi connectivity index (χ1) is 10.4. The molecule has 21 heavy (non-hydrogen) atoms. The van der Waals surface area contributed by atoms with Crippen molar-refractivity contribution >= 4 is 0 Å². The fraction of sp³-hybridized carbons (Fsp3) is 0.500. The van der Waals surface area contributed by atoms with Crippen molar-refractivity contribution in [1.82, 2.24) is 15.1 Å². The average molecular weight is 283 g/mol. The summed E-state index contributed by atoms with van der Waals surface area (Å²) in [6.07, 6.45) is 9.46. The van der Waals surface area contributed by atoms with E-state index in [1.54, 1.807) is 0 Å². The van der Waals surface area contributed by atoms with Crippen molar-refractivity contribution in [2.24, 2.45) is 5.92 Å². The van der Waals surface area contributed by atoms with Crippen molar-refractivity contribution in [3.63, 3.8) is 0 Å². The molecule has 0 aliphatic heterocycles. The second-order valence-electron chi connectivity index (χ2n) is 6.00. The number of benzene rings is 1. The van der Waals surface area contributed by atoms with Crippen LogP contribution in [-0.4, -0.2) is 22.4 Å². The Bertz CT molecular complexity index is 547. The van der Waals surface area contributed by atoms with Gasteiger partial charge in [-0.2, -0.15) is 5.10 Å². The van der Waals surface area contributed by atoms with Gasteiger partial charge in [-0.25, -0.2) is 0 Å². The van der Waals surface area contributed by atoms with Crippen LogP contribution in [0.4, 0.5) is 0 Å². The van der Waals surface area contributed by atoms with Gasteiger partial charge in [-0.05, 0) is 37.3 Å². The van der Waals surface area contributed by atoms with E-state index in [1.807, 2.05) is 6.20 Å². The predicted molar refractivity (Wildman–Crippen MR) is 87.1 cm³/mol. The van der Waals surface area contributed by atoms with Gasteiger partial charge < -0.3 is 5.32 Å². The molecule has 0 spiro atoms. The van der Waals surface area contributed by atoms with Crippen molar-refractivity contribution < 1.29 is 0 Å². The maximum atomic E-state index is 4.52. The van der Waals surface area contributed by atoms with E-state index >= 15 is 0 Å². The largest absolute Gasteiger partial charge is 0.314 e. The third-order valence-corrected chi connectivity index (χ3v) is 4.59. The van der Waals surface area contributed by atoms with Crippen molar-refractivity contribution in [3.05, 3.63) is 42.7 Å². The molecule has 0 radical (unpaired) electrons. The Balaban J connectivity index is 1.58. The van der Waals surface area contributed by atoms with Crippen LogP contribution in [-0.2, 0) is 6.54 Å². The smallest absolute Gasteiger partial charge is 0.0568 e. The van der Waals surface area contributed by atoms with Gasteiger partial charge in [0.1, 0.15) is 0 Å². The summed E-state index contributed by atoms with van der Waals surface area (Å²) in [6.45, 7) is 4.31. The fourth-order valence-electron chi connectivity index (χ4n) is 3.48. The van der Waals surface area contributed by atoms with Crippen LogP contribution in [0.1, 0.15) is 32.6 Å². The minimum Gasteiger partial charge on any atom is -0.314 e. The third kappa shape index (κ3) is 3.53. The number of nitrogens with zero attached hydrogens (tertiary/aromatic N) is 2. The molecule has 3 nitrogen and oxygen atoms in total. The Hall–Kier alpha value is -1.61. The lowest BCUT2D eigenvalue weighted by Crippen LogP contribution is -2.32. The van der Waals surface area contributed by atoms with Gasteiger partial charge in [-0.3, -0.25) is 4.68 Å².